The molecule has 0 aromatic heterocycles. The number of halogens is 2. The Balaban J connectivity index is 2.05. The average Bonchev–Trinajstić information content (AvgIpc) is 2.95. The molecule has 0 bridgehead atoms. The number of aryl methyl sites for hydroxylation is 1. The van der Waals surface area contributed by atoms with E-state index in [4.69, 9.17) is 27.9 Å². The molecule has 1 atom stereocenters. The highest BCUT2D eigenvalue weighted by atomic mass is 35.5. The lowest BCUT2D eigenvalue weighted by Crippen LogP contribution is -2.51. The summed E-state index contributed by atoms with van der Waals surface area (Å²) in [5.41, 5.74) is 1.66. The fourth-order valence-corrected chi connectivity index (χ4v) is 5.82. The topological polar surface area (TPSA) is 96.0 Å². The highest BCUT2D eigenvalue weighted by Gasteiger charge is 2.33. The Morgan fingerprint density at radius 2 is 1.65 bits per heavy atom. The lowest BCUT2D eigenvalue weighted by molar-refractivity contribution is -0.139. The molecule has 1 N–H and O–H groups in total. The molecule has 0 saturated heterocycles. The van der Waals surface area contributed by atoms with E-state index in [1.165, 1.54) is 29.2 Å². The summed E-state index contributed by atoms with van der Waals surface area (Å²) in [6, 6.07) is 17.0. The first-order chi connectivity index (χ1) is 19.0. The normalized spacial score (nSPS) is 11.9. The second-order valence-corrected chi connectivity index (χ2v) is 11.9. The first-order valence-electron chi connectivity index (χ1n) is 12.7. The molecule has 214 valence electrons. The minimum absolute atomic E-state index is 0.0110. The van der Waals surface area contributed by atoms with E-state index in [1.807, 2.05) is 13.8 Å². The summed E-state index contributed by atoms with van der Waals surface area (Å²) in [5.74, 6) is -0.305. The third-order valence-electron chi connectivity index (χ3n) is 6.32. The summed E-state index contributed by atoms with van der Waals surface area (Å²) in [6.45, 7) is 5.27. The highest BCUT2D eigenvalue weighted by molar-refractivity contribution is 7.92. The van der Waals surface area contributed by atoms with Gasteiger partial charge in [0.25, 0.3) is 10.0 Å². The molecule has 0 heterocycles. The second-order valence-electron chi connectivity index (χ2n) is 9.23. The Morgan fingerprint density at radius 3 is 2.25 bits per heavy atom. The van der Waals surface area contributed by atoms with E-state index in [-0.39, 0.29) is 33.1 Å². The maximum atomic E-state index is 13.9. The van der Waals surface area contributed by atoms with Crippen molar-refractivity contribution in [3.05, 3.63) is 87.9 Å². The van der Waals surface area contributed by atoms with Gasteiger partial charge < -0.3 is 15.0 Å². The van der Waals surface area contributed by atoms with Crippen LogP contribution in [0.25, 0.3) is 0 Å². The number of amides is 2. The molecular formula is C29H33Cl2N3O5S. The lowest BCUT2D eigenvalue weighted by atomic mass is 10.1. The van der Waals surface area contributed by atoms with Gasteiger partial charge in [-0.2, -0.15) is 0 Å². The Morgan fingerprint density at radius 1 is 1.00 bits per heavy atom. The molecule has 2 amide bonds. The van der Waals surface area contributed by atoms with Gasteiger partial charge in [0.05, 0.1) is 27.7 Å². The summed E-state index contributed by atoms with van der Waals surface area (Å²) in [4.78, 5) is 28.2. The number of methoxy groups -OCH3 is 1. The quantitative estimate of drug-likeness (QED) is 0.296. The minimum Gasteiger partial charge on any atom is -0.497 e. The van der Waals surface area contributed by atoms with Gasteiger partial charge in [-0.25, -0.2) is 8.42 Å². The molecule has 11 heteroatoms. The Kier molecular flexibility index (Phi) is 10.8. The third kappa shape index (κ3) is 7.47. The maximum Gasteiger partial charge on any atom is 0.264 e. The molecule has 0 aliphatic carbocycles. The van der Waals surface area contributed by atoms with Gasteiger partial charge in [0.15, 0.2) is 0 Å². The van der Waals surface area contributed by atoms with Gasteiger partial charge in [0, 0.05) is 13.1 Å². The predicted molar refractivity (Wildman–Crippen MR) is 158 cm³/mol. The number of benzene rings is 3. The van der Waals surface area contributed by atoms with Gasteiger partial charge in [-0.1, -0.05) is 66.0 Å². The van der Waals surface area contributed by atoms with Crippen molar-refractivity contribution < 1.29 is 22.7 Å². The number of hydrogen-bond donors (Lipinski definition) is 1. The van der Waals surface area contributed by atoms with E-state index < -0.39 is 28.5 Å². The van der Waals surface area contributed by atoms with Gasteiger partial charge in [-0.15, -0.1) is 0 Å². The molecule has 3 rings (SSSR count). The summed E-state index contributed by atoms with van der Waals surface area (Å²) < 4.78 is 34.0. The van der Waals surface area contributed by atoms with Gasteiger partial charge in [-0.3, -0.25) is 13.9 Å². The van der Waals surface area contributed by atoms with Crippen LogP contribution in [0.15, 0.2) is 71.6 Å². The second kappa shape index (κ2) is 13.9. The van der Waals surface area contributed by atoms with Gasteiger partial charge in [-0.05, 0) is 62.2 Å². The van der Waals surface area contributed by atoms with E-state index >= 15 is 0 Å². The van der Waals surface area contributed by atoms with Crippen LogP contribution in [0.2, 0.25) is 10.0 Å². The zero-order valence-electron chi connectivity index (χ0n) is 22.9. The summed E-state index contributed by atoms with van der Waals surface area (Å²) >= 11 is 12.7. The van der Waals surface area contributed by atoms with Crippen LogP contribution in [0.1, 0.15) is 31.4 Å². The molecule has 8 nitrogen and oxygen atoms in total. The first-order valence-corrected chi connectivity index (χ1v) is 14.9. The van der Waals surface area contributed by atoms with Crippen LogP contribution in [-0.2, 0) is 26.2 Å². The van der Waals surface area contributed by atoms with E-state index in [0.29, 0.717) is 12.3 Å². The van der Waals surface area contributed by atoms with Crippen LogP contribution in [-0.4, -0.2) is 51.4 Å². The lowest BCUT2D eigenvalue weighted by Gasteiger charge is -2.32. The van der Waals surface area contributed by atoms with Crippen molar-refractivity contribution in [2.24, 2.45) is 0 Å². The monoisotopic (exact) mass is 605 g/mol. The highest BCUT2D eigenvalue weighted by Crippen LogP contribution is 2.35. The summed E-state index contributed by atoms with van der Waals surface area (Å²) in [7, 11) is -2.70. The Labute approximate surface area is 245 Å². The molecule has 3 aromatic carbocycles. The largest absolute Gasteiger partial charge is 0.497 e. The molecule has 0 aliphatic rings. The van der Waals surface area contributed by atoms with E-state index in [0.717, 1.165) is 21.9 Å². The van der Waals surface area contributed by atoms with E-state index in [1.54, 1.807) is 56.5 Å². The summed E-state index contributed by atoms with van der Waals surface area (Å²) in [6.07, 6.45) is 0.723. The molecule has 0 spiro atoms. The van der Waals surface area contributed by atoms with Crippen molar-refractivity contribution in [3.63, 3.8) is 0 Å². The van der Waals surface area contributed by atoms with Crippen molar-refractivity contribution in [1.82, 2.24) is 10.2 Å². The number of carbonyl (C=O) groups excluding carboxylic acids is 2. The van der Waals surface area contributed by atoms with E-state index in [9.17, 15) is 18.0 Å². The minimum atomic E-state index is -4.26. The van der Waals surface area contributed by atoms with Crippen LogP contribution >= 0.6 is 23.2 Å². The molecule has 0 saturated carbocycles. The standard InChI is InChI=1S/C29H33Cl2N3O5S/c1-5-17-32-29(36)21(3)33(18-22-11-13-23(39-4)14-12-22)27(35)19-34(26-8-6-7-25(30)28(26)31)40(37,38)24-15-9-20(2)10-16-24/h6-16,21H,5,17-19H2,1-4H3,(H,32,36). The van der Waals surface area contributed by atoms with Crippen molar-refractivity contribution in [3.8, 4) is 5.75 Å². The maximum absolute atomic E-state index is 13.9. The number of carbonyl (C=O) groups is 2. The average molecular weight is 607 g/mol. The Hall–Kier alpha value is -3.27. The van der Waals surface area contributed by atoms with Crippen molar-refractivity contribution in [1.29, 1.82) is 0 Å². The van der Waals surface area contributed by atoms with Gasteiger partial charge in [0.2, 0.25) is 11.8 Å². The number of rotatable bonds is 12. The first kappa shape index (κ1) is 31.3. The van der Waals surface area contributed by atoms with Crippen LogP contribution in [0, 0.1) is 6.92 Å². The smallest absolute Gasteiger partial charge is 0.264 e. The van der Waals surface area contributed by atoms with Crippen molar-refractivity contribution >= 4 is 50.7 Å². The number of nitrogens with one attached hydrogen (secondary N) is 1. The van der Waals surface area contributed by atoms with E-state index in [2.05, 4.69) is 5.32 Å². The van der Waals surface area contributed by atoms with Crippen LogP contribution < -0.4 is 14.4 Å². The number of nitrogens with zero attached hydrogens (tertiary/aromatic N) is 2. The number of sulfonamides is 1. The zero-order chi connectivity index (χ0) is 29.4. The molecule has 0 radical (unpaired) electrons. The molecule has 0 aliphatic heterocycles. The van der Waals surface area contributed by atoms with Crippen LogP contribution in [0.3, 0.4) is 0 Å². The van der Waals surface area contributed by atoms with Crippen molar-refractivity contribution in [2.75, 3.05) is 24.5 Å². The summed E-state index contributed by atoms with van der Waals surface area (Å²) in [5, 5.41) is 2.94. The molecule has 3 aromatic rings. The zero-order valence-corrected chi connectivity index (χ0v) is 25.2. The number of ether oxygens (including phenoxy) is 1. The number of hydrogen-bond acceptors (Lipinski definition) is 5. The van der Waals surface area contributed by atoms with Crippen LogP contribution in [0.5, 0.6) is 5.75 Å². The fourth-order valence-electron chi connectivity index (χ4n) is 3.94. The number of anilines is 1. The van der Waals surface area contributed by atoms with Gasteiger partial charge in [0.1, 0.15) is 18.3 Å². The molecule has 40 heavy (non-hydrogen) atoms. The molecule has 0 fully saturated rings. The molecule has 1 unspecified atom stereocenters. The Bertz CT molecular complexity index is 1430. The predicted octanol–water partition coefficient (Wildman–Crippen LogP) is 5.45. The SMILES string of the molecule is CCCNC(=O)C(C)N(Cc1ccc(OC)cc1)C(=O)CN(c1cccc(Cl)c1Cl)S(=O)(=O)c1ccc(C)cc1. The third-order valence-corrected chi connectivity index (χ3v) is 8.90. The van der Waals surface area contributed by atoms with Crippen molar-refractivity contribution in [2.45, 2.75) is 44.7 Å². The van der Waals surface area contributed by atoms with Crippen LogP contribution in [0.4, 0.5) is 5.69 Å². The molecular weight excluding hydrogens is 573 g/mol. The van der Waals surface area contributed by atoms with Gasteiger partial charge >= 0.3 is 0 Å². The fraction of sp³-hybridized carbons (Fsp3) is 0.310.